The van der Waals surface area contributed by atoms with Crippen LogP contribution in [0.1, 0.15) is 11.7 Å². The summed E-state index contributed by atoms with van der Waals surface area (Å²) in [7, 11) is 0. The molecule has 6 rings (SSSR count). The van der Waals surface area contributed by atoms with Gasteiger partial charge in [0.15, 0.2) is 0 Å². The van der Waals surface area contributed by atoms with Crippen LogP contribution < -0.4 is 14.9 Å². The van der Waals surface area contributed by atoms with Crippen molar-refractivity contribution in [2.24, 2.45) is 0 Å². The van der Waals surface area contributed by atoms with Crippen LogP contribution in [0.4, 0.5) is 0 Å². The lowest BCUT2D eigenvalue weighted by atomic mass is 9.89. The molecule has 3 saturated heterocycles. The molecular weight excluding hydrogens is 700 g/mol. The maximum absolute atomic E-state index is 13.9. The Balaban J connectivity index is 1.36. The van der Waals surface area contributed by atoms with Crippen molar-refractivity contribution in [3.8, 4) is 22.6 Å². The quantitative estimate of drug-likeness (QED) is 0.0981. The number of hydrogen-bond acceptors (Lipinski definition) is 19. The van der Waals surface area contributed by atoms with E-state index >= 15 is 0 Å². The number of aliphatic hydroxyl groups excluding tert-OH is 12. The van der Waals surface area contributed by atoms with Gasteiger partial charge < -0.3 is 89.4 Å². The molecule has 0 amide bonds. The van der Waals surface area contributed by atoms with Gasteiger partial charge in [-0.25, -0.2) is 0 Å². The molecule has 3 aromatic rings. The molecule has 1 aromatic heterocycles. The molecule has 0 radical (unpaired) electrons. The first-order valence-corrected chi connectivity index (χ1v) is 16.2. The van der Waals surface area contributed by atoms with E-state index in [2.05, 4.69) is 0 Å². The van der Waals surface area contributed by atoms with Crippen LogP contribution in [0.25, 0.3) is 22.1 Å². The van der Waals surface area contributed by atoms with Crippen molar-refractivity contribution in [2.45, 2.75) is 91.9 Å². The average molecular weight is 741 g/mol. The Labute approximate surface area is 293 Å². The van der Waals surface area contributed by atoms with Crippen LogP contribution in [0.15, 0.2) is 51.9 Å². The van der Waals surface area contributed by atoms with E-state index in [1.807, 2.05) is 0 Å². The Kier molecular flexibility index (Phi) is 11.5. The van der Waals surface area contributed by atoms with Crippen LogP contribution in [0, 0.1) is 0 Å². The van der Waals surface area contributed by atoms with Crippen LogP contribution in [-0.2, 0) is 14.2 Å². The van der Waals surface area contributed by atoms with E-state index in [0.29, 0.717) is 5.56 Å². The predicted molar refractivity (Wildman–Crippen MR) is 169 cm³/mol. The van der Waals surface area contributed by atoms with Crippen molar-refractivity contribution in [1.29, 1.82) is 0 Å². The smallest absolute Gasteiger partial charge is 0.229 e. The van der Waals surface area contributed by atoms with Crippen molar-refractivity contribution in [1.82, 2.24) is 0 Å². The molecular formula is C33H40O19. The van der Waals surface area contributed by atoms with Gasteiger partial charge in [-0.3, -0.25) is 4.79 Å². The standard InChI is InChI=1S/C33H40O19/c34-7-16-21(38)24(41)27(44)31(49-16)19-15(50-33-29(46)26(43)23(40)18(9-36)52-33)6-5-13-20(37)14(10-47-30(13)19)11-1-3-12(4-2-11)48-32-28(45)25(42)22(39)17(8-35)51-32/h1-6,10,16-18,21-29,31-36,38-46H,7-9H2/t16-,17-,18-,21-,22-,23-,24+,25+,26+,27-,28-,29-,31+,32-,33-/m1/s1. The fourth-order valence-electron chi connectivity index (χ4n) is 6.42. The third kappa shape index (κ3) is 6.91. The molecule has 0 unspecified atom stereocenters. The van der Waals surface area contributed by atoms with E-state index in [1.165, 1.54) is 36.4 Å². The van der Waals surface area contributed by atoms with E-state index in [1.54, 1.807) is 0 Å². The van der Waals surface area contributed by atoms with Gasteiger partial charge in [-0.05, 0) is 29.8 Å². The summed E-state index contributed by atoms with van der Waals surface area (Å²) < 4.78 is 34.0. The number of aliphatic hydroxyl groups is 12. The Bertz CT molecular complexity index is 1730. The second kappa shape index (κ2) is 15.6. The van der Waals surface area contributed by atoms with Crippen LogP contribution in [0.3, 0.4) is 0 Å². The lowest BCUT2D eigenvalue weighted by Crippen LogP contribution is -2.60. The number of benzene rings is 2. The number of rotatable bonds is 9. The zero-order valence-electron chi connectivity index (χ0n) is 27.0. The van der Waals surface area contributed by atoms with Crippen LogP contribution >= 0.6 is 0 Å². The van der Waals surface area contributed by atoms with Gasteiger partial charge in [-0.1, -0.05) is 12.1 Å². The minimum absolute atomic E-state index is 0.0224. The van der Waals surface area contributed by atoms with Crippen molar-refractivity contribution >= 4 is 11.0 Å². The highest BCUT2D eigenvalue weighted by molar-refractivity contribution is 5.86. The highest BCUT2D eigenvalue weighted by Gasteiger charge is 2.49. The molecule has 4 heterocycles. The van der Waals surface area contributed by atoms with Gasteiger partial charge in [0.2, 0.25) is 18.0 Å². The average Bonchev–Trinajstić information content (AvgIpc) is 3.15. The normalized spacial score (nSPS) is 38.3. The summed E-state index contributed by atoms with van der Waals surface area (Å²) in [5, 5.41) is 122. The van der Waals surface area contributed by atoms with Gasteiger partial charge in [-0.15, -0.1) is 0 Å². The molecule has 12 N–H and O–H groups in total. The molecule has 2 aromatic carbocycles. The third-order valence-corrected chi connectivity index (χ3v) is 9.47. The summed E-state index contributed by atoms with van der Waals surface area (Å²) >= 11 is 0. The van der Waals surface area contributed by atoms with E-state index in [0.717, 1.165) is 6.26 Å². The van der Waals surface area contributed by atoms with Gasteiger partial charge in [0.05, 0.1) is 36.3 Å². The lowest BCUT2D eigenvalue weighted by molar-refractivity contribution is -0.278. The van der Waals surface area contributed by atoms with Crippen LogP contribution in [-0.4, -0.2) is 167 Å². The Morgan fingerprint density at radius 1 is 0.558 bits per heavy atom. The molecule has 3 aliphatic heterocycles. The number of hydrogen-bond donors (Lipinski definition) is 12. The molecule has 19 heteroatoms. The second-order valence-electron chi connectivity index (χ2n) is 12.7. The molecule has 0 spiro atoms. The predicted octanol–water partition coefficient (Wildman–Crippen LogP) is -4.67. The topological polar surface area (TPSA) is 319 Å². The van der Waals surface area contributed by atoms with E-state index < -0.39 is 117 Å². The van der Waals surface area contributed by atoms with Crippen LogP contribution in [0.2, 0.25) is 0 Å². The second-order valence-corrected chi connectivity index (χ2v) is 12.7. The van der Waals surface area contributed by atoms with Gasteiger partial charge in [0.1, 0.15) is 103 Å². The van der Waals surface area contributed by atoms with Crippen molar-refractivity contribution < 1.29 is 89.4 Å². The summed E-state index contributed by atoms with van der Waals surface area (Å²) in [5.41, 5.74) is -0.753. The molecule has 19 nitrogen and oxygen atoms in total. The minimum atomic E-state index is -1.89. The molecule has 15 atom stereocenters. The monoisotopic (exact) mass is 740 g/mol. The highest BCUT2D eigenvalue weighted by Crippen LogP contribution is 2.42. The molecule has 3 fully saturated rings. The van der Waals surface area contributed by atoms with E-state index in [4.69, 9.17) is 28.1 Å². The summed E-state index contributed by atoms with van der Waals surface area (Å²) in [6.45, 7) is -2.21. The Hall–Kier alpha value is -3.35. The zero-order valence-corrected chi connectivity index (χ0v) is 27.0. The summed E-state index contributed by atoms with van der Waals surface area (Å²) in [6.07, 6.45) is -23.4. The summed E-state index contributed by atoms with van der Waals surface area (Å²) in [6, 6.07) is 8.25. The van der Waals surface area contributed by atoms with Crippen molar-refractivity contribution in [2.75, 3.05) is 19.8 Å². The Morgan fingerprint density at radius 3 is 1.60 bits per heavy atom. The van der Waals surface area contributed by atoms with Gasteiger partial charge in [0, 0.05) is 0 Å². The summed E-state index contributed by atoms with van der Waals surface area (Å²) in [5.74, 6) is -0.148. The molecule has 0 saturated carbocycles. The fraction of sp³-hybridized carbons (Fsp3) is 0.545. The SMILES string of the molecule is O=c1c(-c2ccc(O[C@@H]3O[C@H](CO)[C@@H](O)[C@H](O)[C@H]3O)cc2)coc2c([C@@H]3O[C@H](CO)[C@@H](O)[C@H](O)[C@H]3O)c(O[C@@H]3O[C@H](CO)[C@@H](O)[C@H](O)[C@H]3O)ccc12. The van der Waals surface area contributed by atoms with Gasteiger partial charge in [-0.2, -0.15) is 0 Å². The number of ether oxygens (including phenoxy) is 5. The molecule has 0 bridgehead atoms. The highest BCUT2D eigenvalue weighted by atomic mass is 16.7. The maximum Gasteiger partial charge on any atom is 0.229 e. The van der Waals surface area contributed by atoms with E-state index in [-0.39, 0.29) is 33.6 Å². The van der Waals surface area contributed by atoms with Crippen LogP contribution in [0.5, 0.6) is 11.5 Å². The Morgan fingerprint density at radius 2 is 1.06 bits per heavy atom. The van der Waals surface area contributed by atoms with Crippen molar-refractivity contribution in [3.63, 3.8) is 0 Å². The first kappa shape index (κ1) is 38.4. The van der Waals surface area contributed by atoms with Crippen molar-refractivity contribution in [3.05, 3.63) is 58.4 Å². The minimum Gasteiger partial charge on any atom is -0.463 e. The molecule has 52 heavy (non-hydrogen) atoms. The lowest BCUT2D eigenvalue weighted by Gasteiger charge is -2.42. The fourth-order valence-corrected chi connectivity index (χ4v) is 6.42. The van der Waals surface area contributed by atoms with E-state index in [9.17, 15) is 66.1 Å². The third-order valence-electron chi connectivity index (χ3n) is 9.47. The maximum atomic E-state index is 13.9. The first-order valence-electron chi connectivity index (χ1n) is 16.2. The largest absolute Gasteiger partial charge is 0.463 e. The molecule has 286 valence electrons. The molecule has 0 aliphatic carbocycles. The zero-order chi connectivity index (χ0) is 37.6. The van der Waals surface area contributed by atoms with Gasteiger partial charge >= 0.3 is 0 Å². The van der Waals surface area contributed by atoms with Gasteiger partial charge in [0.25, 0.3) is 0 Å². The first-order chi connectivity index (χ1) is 24.8. The number of fused-ring (bicyclic) bond motifs is 1. The summed E-state index contributed by atoms with van der Waals surface area (Å²) in [4.78, 5) is 13.9. The molecule has 3 aliphatic rings.